The second kappa shape index (κ2) is 4.72. The van der Waals surface area contributed by atoms with Crippen LogP contribution < -0.4 is 0 Å². The SMILES string of the molecule is CN(CC(=O)O)C(=O)N1CCC(C)(C)CC1. The summed E-state index contributed by atoms with van der Waals surface area (Å²) in [6, 6.07) is -0.182. The Morgan fingerprint density at radius 3 is 2.25 bits per heavy atom. The van der Waals surface area contributed by atoms with E-state index in [1.807, 2.05) is 0 Å². The highest BCUT2D eigenvalue weighted by Gasteiger charge is 2.29. The summed E-state index contributed by atoms with van der Waals surface area (Å²) in [6.45, 7) is 5.58. The molecule has 16 heavy (non-hydrogen) atoms. The average Bonchev–Trinajstić information content (AvgIpc) is 2.15. The molecule has 5 nitrogen and oxygen atoms in total. The first-order chi connectivity index (χ1) is 7.32. The number of likely N-dealkylation sites (N-methyl/N-ethyl adjacent to an activating group) is 1. The fourth-order valence-corrected chi connectivity index (χ4v) is 1.82. The molecule has 1 aliphatic rings. The minimum atomic E-state index is -0.979. The fourth-order valence-electron chi connectivity index (χ4n) is 1.82. The summed E-state index contributed by atoms with van der Waals surface area (Å²) in [4.78, 5) is 25.3. The number of carbonyl (C=O) groups is 2. The smallest absolute Gasteiger partial charge is 0.323 e. The van der Waals surface area contributed by atoms with Gasteiger partial charge in [0.05, 0.1) is 0 Å². The fraction of sp³-hybridized carbons (Fsp3) is 0.818. The van der Waals surface area contributed by atoms with Crippen LogP contribution in [0.25, 0.3) is 0 Å². The molecule has 1 fully saturated rings. The van der Waals surface area contributed by atoms with Crippen molar-refractivity contribution >= 4 is 12.0 Å². The summed E-state index contributed by atoms with van der Waals surface area (Å²) in [6.07, 6.45) is 1.94. The van der Waals surface area contributed by atoms with E-state index in [9.17, 15) is 9.59 Å². The highest BCUT2D eigenvalue weighted by atomic mass is 16.4. The van der Waals surface area contributed by atoms with Crippen molar-refractivity contribution in [3.63, 3.8) is 0 Å². The Morgan fingerprint density at radius 1 is 1.31 bits per heavy atom. The molecule has 0 aliphatic carbocycles. The second-order valence-corrected chi connectivity index (χ2v) is 5.18. The van der Waals surface area contributed by atoms with Gasteiger partial charge in [0.1, 0.15) is 6.54 Å². The predicted octanol–water partition coefficient (Wildman–Crippen LogP) is 1.24. The minimum Gasteiger partial charge on any atom is -0.480 e. The Balaban J connectivity index is 2.47. The Bertz CT molecular complexity index is 279. The quantitative estimate of drug-likeness (QED) is 0.773. The number of nitrogens with zero attached hydrogens (tertiary/aromatic N) is 2. The van der Waals surface area contributed by atoms with Crippen molar-refractivity contribution in [1.82, 2.24) is 9.80 Å². The van der Waals surface area contributed by atoms with Gasteiger partial charge in [0, 0.05) is 20.1 Å². The van der Waals surface area contributed by atoms with Gasteiger partial charge in [0.2, 0.25) is 0 Å². The van der Waals surface area contributed by atoms with Gasteiger partial charge in [0.15, 0.2) is 0 Å². The maximum Gasteiger partial charge on any atom is 0.323 e. The number of carboxylic acid groups (broad SMARTS) is 1. The third-order valence-corrected chi connectivity index (χ3v) is 3.09. The minimum absolute atomic E-state index is 0.182. The predicted molar refractivity (Wildman–Crippen MR) is 60.2 cm³/mol. The average molecular weight is 228 g/mol. The standard InChI is InChI=1S/C11H20N2O3/c1-11(2)4-6-13(7-5-11)10(16)12(3)8-9(14)15/h4-8H2,1-3H3,(H,14,15). The second-order valence-electron chi connectivity index (χ2n) is 5.18. The van der Waals surface area contributed by atoms with Gasteiger partial charge < -0.3 is 14.9 Å². The van der Waals surface area contributed by atoms with Gasteiger partial charge in [-0.2, -0.15) is 0 Å². The van der Waals surface area contributed by atoms with Gasteiger partial charge in [0.25, 0.3) is 0 Å². The number of piperidine rings is 1. The van der Waals surface area contributed by atoms with E-state index in [0.29, 0.717) is 5.41 Å². The Kier molecular flexibility index (Phi) is 3.78. The van der Waals surface area contributed by atoms with Crippen LogP contribution in [0.5, 0.6) is 0 Å². The molecule has 0 aromatic carbocycles. The molecule has 0 bridgehead atoms. The van der Waals surface area contributed by atoms with E-state index in [4.69, 9.17) is 5.11 Å². The third kappa shape index (κ3) is 3.40. The van der Waals surface area contributed by atoms with Gasteiger partial charge in [-0.1, -0.05) is 13.8 Å². The number of urea groups is 1. The number of rotatable bonds is 2. The normalized spacial score (nSPS) is 19.3. The van der Waals surface area contributed by atoms with Crippen LogP contribution in [0.1, 0.15) is 26.7 Å². The zero-order valence-corrected chi connectivity index (χ0v) is 10.2. The van der Waals surface area contributed by atoms with Gasteiger partial charge in [-0.3, -0.25) is 4.79 Å². The van der Waals surface area contributed by atoms with Crippen LogP contribution in [0.2, 0.25) is 0 Å². The lowest BCUT2D eigenvalue weighted by atomic mass is 9.83. The molecular formula is C11H20N2O3. The van der Waals surface area contributed by atoms with Gasteiger partial charge in [-0.15, -0.1) is 0 Å². The summed E-state index contributed by atoms with van der Waals surface area (Å²) in [5.41, 5.74) is 0.294. The van der Waals surface area contributed by atoms with Crippen molar-refractivity contribution in [3.05, 3.63) is 0 Å². The summed E-state index contributed by atoms with van der Waals surface area (Å²) in [7, 11) is 1.52. The molecule has 0 aromatic heterocycles. The number of hydrogen-bond donors (Lipinski definition) is 1. The maximum absolute atomic E-state index is 11.8. The Morgan fingerprint density at radius 2 is 1.81 bits per heavy atom. The molecule has 5 heteroatoms. The van der Waals surface area contributed by atoms with E-state index in [1.165, 1.54) is 11.9 Å². The Labute approximate surface area is 96.0 Å². The largest absolute Gasteiger partial charge is 0.480 e. The molecule has 1 N–H and O–H groups in total. The molecule has 0 aromatic rings. The first-order valence-electron chi connectivity index (χ1n) is 5.54. The lowest BCUT2D eigenvalue weighted by molar-refractivity contribution is -0.137. The summed E-state index contributed by atoms with van der Waals surface area (Å²) >= 11 is 0. The van der Waals surface area contributed by atoms with Crippen LogP contribution in [0.15, 0.2) is 0 Å². The summed E-state index contributed by atoms with van der Waals surface area (Å²) < 4.78 is 0. The van der Waals surface area contributed by atoms with Crippen molar-refractivity contribution < 1.29 is 14.7 Å². The molecular weight excluding hydrogens is 208 g/mol. The first-order valence-corrected chi connectivity index (χ1v) is 5.54. The van der Waals surface area contributed by atoms with Gasteiger partial charge in [-0.25, -0.2) is 4.79 Å². The number of carboxylic acids is 1. The van der Waals surface area contributed by atoms with Crippen LogP contribution in [-0.2, 0) is 4.79 Å². The van der Waals surface area contributed by atoms with E-state index < -0.39 is 5.97 Å². The molecule has 0 atom stereocenters. The molecule has 1 rings (SSSR count). The lowest BCUT2D eigenvalue weighted by Crippen LogP contribution is -2.47. The van der Waals surface area contributed by atoms with Gasteiger partial charge in [-0.05, 0) is 18.3 Å². The van der Waals surface area contributed by atoms with Crippen molar-refractivity contribution in [2.24, 2.45) is 5.41 Å². The van der Waals surface area contributed by atoms with Crippen LogP contribution >= 0.6 is 0 Å². The van der Waals surface area contributed by atoms with Crippen LogP contribution in [0, 0.1) is 5.41 Å². The zero-order valence-electron chi connectivity index (χ0n) is 10.2. The number of hydrogen-bond acceptors (Lipinski definition) is 2. The van der Waals surface area contributed by atoms with Crippen molar-refractivity contribution in [2.45, 2.75) is 26.7 Å². The number of aliphatic carboxylic acids is 1. The monoisotopic (exact) mass is 228 g/mol. The molecule has 0 saturated carbocycles. The molecule has 1 saturated heterocycles. The zero-order chi connectivity index (χ0) is 12.3. The molecule has 1 aliphatic heterocycles. The highest BCUT2D eigenvalue weighted by Crippen LogP contribution is 2.29. The van der Waals surface area contributed by atoms with Crippen molar-refractivity contribution in [1.29, 1.82) is 0 Å². The third-order valence-electron chi connectivity index (χ3n) is 3.09. The topological polar surface area (TPSA) is 60.9 Å². The molecule has 1 heterocycles. The van der Waals surface area contributed by atoms with E-state index in [-0.39, 0.29) is 12.6 Å². The Hall–Kier alpha value is -1.26. The lowest BCUT2D eigenvalue weighted by Gasteiger charge is -2.38. The first kappa shape index (κ1) is 12.8. The highest BCUT2D eigenvalue weighted by molar-refractivity contribution is 5.79. The number of amides is 2. The molecule has 0 radical (unpaired) electrons. The molecule has 0 unspecified atom stereocenters. The van der Waals surface area contributed by atoms with Crippen LogP contribution in [-0.4, -0.2) is 53.6 Å². The number of carbonyl (C=O) groups excluding carboxylic acids is 1. The number of likely N-dealkylation sites (tertiary alicyclic amines) is 1. The van der Waals surface area contributed by atoms with Crippen LogP contribution in [0.3, 0.4) is 0 Å². The molecule has 2 amide bonds. The van der Waals surface area contributed by atoms with Crippen LogP contribution in [0.4, 0.5) is 4.79 Å². The summed E-state index contributed by atoms with van der Waals surface area (Å²) in [5, 5.41) is 8.60. The summed E-state index contributed by atoms with van der Waals surface area (Å²) in [5.74, 6) is -0.979. The van der Waals surface area contributed by atoms with E-state index in [1.54, 1.807) is 4.90 Å². The maximum atomic E-state index is 11.8. The van der Waals surface area contributed by atoms with E-state index >= 15 is 0 Å². The molecule has 0 spiro atoms. The van der Waals surface area contributed by atoms with Crippen molar-refractivity contribution in [2.75, 3.05) is 26.7 Å². The van der Waals surface area contributed by atoms with Crippen molar-refractivity contribution in [3.8, 4) is 0 Å². The van der Waals surface area contributed by atoms with Gasteiger partial charge >= 0.3 is 12.0 Å². The van der Waals surface area contributed by atoms with E-state index in [2.05, 4.69) is 13.8 Å². The molecule has 92 valence electrons. The van der Waals surface area contributed by atoms with E-state index in [0.717, 1.165) is 25.9 Å².